The molecule has 234 valence electrons. The Morgan fingerprint density at radius 2 is 1.89 bits per heavy atom. The molecular formula is C36H42N6O3. The van der Waals surface area contributed by atoms with Crippen molar-refractivity contribution in [3.05, 3.63) is 89.5 Å². The van der Waals surface area contributed by atoms with Crippen LogP contribution in [0.15, 0.2) is 66.9 Å². The third-order valence-corrected chi connectivity index (χ3v) is 8.87. The number of fused-ring (bicyclic) bond motifs is 2. The van der Waals surface area contributed by atoms with Crippen LogP contribution >= 0.6 is 0 Å². The highest BCUT2D eigenvalue weighted by Crippen LogP contribution is 2.30. The number of rotatable bonds is 9. The maximum Gasteiger partial charge on any atom is 0.338 e. The summed E-state index contributed by atoms with van der Waals surface area (Å²) in [5, 5.41) is 4.75. The second kappa shape index (κ2) is 12.3. The van der Waals surface area contributed by atoms with Crippen LogP contribution in [0, 0.1) is 0 Å². The highest BCUT2D eigenvalue weighted by molar-refractivity contribution is 5.94. The number of ether oxygens (including phenoxy) is 2. The Morgan fingerprint density at radius 3 is 2.67 bits per heavy atom. The number of H-pyrrole nitrogens is 1. The number of aromatic amines is 1. The van der Waals surface area contributed by atoms with Crippen molar-refractivity contribution in [3.8, 4) is 0 Å². The number of benzene rings is 2. The lowest BCUT2D eigenvalue weighted by Gasteiger charge is -2.32. The third kappa shape index (κ3) is 6.74. The fraction of sp³-hybridized carbons (Fsp3) is 0.417. The molecular weight excluding hydrogens is 564 g/mol. The molecule has 9 nitrogen and oxygen atoms in total. The maximum absolute atomic E-state index is 12.8. The van der Waals surface area contributed by atoms with Gasteiger partial charge in [0.25, 0.3) is 0 Å². The summed E-state index contributed by atoms with van der Waals surface area (Å²) in [4.78, 5) is 28.6. The second-order valence-corrected chi connectivity index (χ2v) is 13.4. The van der Waals surface area contributed by atoms with Crippen LogP contribution in [0.3, 0.4) is 0 Å². The Bertz CT molecular complexity index is 1810. The maximum atomic E-state index is 12.8. The smallest absolute Gasteiger partial charge is 0.338 e. The van der Waals surface area contributed by atoms with Crippen molar-refractivity contribution in [1.29, 1.82) is 0 Å². The number of carbonyl (C=O) groups excluding carboxylic acids is 1. The van der Waals surface area contributed by atoms with Gasteiger partial charge in [0.1, 0.15) is 17.2 Å². The van der Waals surface area contributed by atoms with Crippen molar-refractivity contribution in [2.75, 3.05) is 25.0 Å². The van der Waals surface area contributed by atoms with Crippen LogP contribution in [0.4, 0.5) is 5.82 Å². The SMILES string of the molecule is CC(C)(C)OC(=O)c1ccc2nc(CN3CCC(c4cccc(NCc5ccc6[nH]ccc6c5)n4)CC3)n(C[C@@H]3CCO3)c2c1. The number of pyridine rings is 1. The Labute approximate surface area is 264 Å². The van der Waals surface area contributed by atoms with E-state index < -0.39 is 5.60 Å². The Kier molecular flexibility index (Phi) is 8.06. The average molecular weight is 607 g/mol. The summed E-state index contributed by atoms with van der Waals surface area (Å²) >= 11 is 0. The van der Waals surface area contributed by atoms with Gasteiger partial charge in [-0.1, -0.05) is 12.1 Å². The Morgan fingerprint density at radius 1 is 1.04 bits per heavy atom. The topological polar surface area (TPSA) is 97.3 Å². The van der Waals surface area contributed by atoms with E-state index in [0.717, 1.165) is 92.5 Å². The molecule has 5 aromatic rings. The van der Waals surface area contributed by atoms with Crippen molar-refractivity contribution >= 4 is 33.7 Å². The van der Waals surface area contributed by atoms with E-state index in [-0.39, 0.29) is 12.1 Å². The minimum atomic E-state index is -0.547. The number of hydrogen-bond donors (Lipinski definition) is 2. The summed E-state index contributed by atoms with van der Waals surface area (Å²) in [6, 6.07) is 20.6. The molecule has 0 unspecified atom stereocenters. The summed E-state index contributed by atoms with van der Waals surface area (Å²) in [5.74, 6) is 2.05. The van der Waals surface area contributed by atoms with Gasteiger partial charge in [0.15, 0.2) is 0 Å². The number of imidazole rings is 1. The molecule has 2 N–H and O–H groups in total. The lowest BCUT2D eigenvalue weighted by Crippen LogP contribution is -2.35. The molecule has 2 aliphatic rings. The molecule has 0 saturated carbocycles. The van der Waals surface area contributed by atoms with Crippen molar-refractivity contribution in [1.82, 2.24) is 24.4 Å². The van der Waals surface area contributed by atoms with E-state index in [9.17, 15) is 4.79 Å². The van der Waals surface area contributed by atoms with Crippen LogP contribution in [0.1, 0.15) is 73.4 Å². The summed E-state index contributed by atoms with van der Waals surface area (Å²) in [5.41, 5.74) is 5.40. The van der Waals surface area contributed by atoms with Crippen LogP contribution in [0.25, 0.3) is 21.9 Å². The fourth-order valence-electron chi connectivity index (χ4n) is 6.36. The summed E-state index contributed by atoms with van der Waals surface area (Å²) in [6.45, 7) is 10.7. The summed E-state index contributed by atoms with van der Waals surface area (Å²) in [7, 11) is 0. The molecule has 0 bridgehead atoms. The predicted molar refractivity (Wildman–Crippen MR) is 176 cm³/mol. The van der Waals surface area contributed by atoms with Gasteiger partial charge in [0.2, 0.25) is 0 Å². The van der Waals surface area contributed by atoms with Gasteiger partial charge in [0, 0.05) is 36.5 Å². The van der Waals surface area contributed by atoms with E-state index >= 15 is 0 Å². The number of esters is 1. The molecule has 9 heteroatoms. The quantitative estimate of drug-likeness (QED) is 0.181. The number of anilines is 1. The highest BCUT2D eigenvalue weighted by Gasteiger charge is 2.27. The molecule has 2 saturated heterocycles. The lowest BCUT2D eigenvalue weighted by molar-refractivity contribution is -0.0592. The van der Waals surface area contributed by atoms with Crippen LogP contribution in [-0.4, -0.2) is 61.8 Å². The summed E-state index contributed by atoms with van der Waals surface area (Å²) < 4.78 is 13.7. The van der Waals surface area contributed by atoms with Crippen LogP contribution in [0.5, 0.6) is 0 Å². The fourth-order valence-corrected chi connectivity index (χ4v) is 6.36. The van der Waals surface area contributed by atoms with E-state index in [0.29, 0.717) is 11.5 Å². The van der Waals surface area contributed by atoms with Gasteiger partial charge in [-0.05, 0) is 113 Å². The normalized spacial score (nSPS) is 17.9. The van der Waals surface area contributed by atoms with E-state index in [1.165, 1.54) is 10.9 Å². The zero-order valence-corrected chi connectivity index (χ0v) is 26.4. The van der Waals surface area contributed by atoms with E-state index in [1.807, 2.05) is 45.2 Å². The zero-order valence-electron chi connectivity index (χ0n) is 26.4. The molecule has 1 atom stereocenters. The Balaban J connectivity index is 1.01. The van der Waals surface area contributed by atoms with Gasteiger partial charge in [0.05, 0.1) is 35.8 Å². The Hall–Kier alpha value is -4.21. The van der Waals surface area contributed by atoms with Gasteiger partial charge in [-0.3, -0.25) is 4.90 Å². The van der Waals surface area contributed by atoms with Crippen molar-refractivity contribution in [2.45, 2.75) is 77.3 Å². The van der Waals surface area contributed by atoms with Gasteiger partial charge < -0.3 is 24.3 Å². The standard InChI is InChI=1S/C36H42N6O3/c1-36(2,3)45-35(43)27-8-10-31-32(20-27)42(22-28-14-18-44-28)34(40-31)23-41-16-12-25(13-17-41)30-5-4-6-33(39-30)38-21-24-7-9-29-26(19-24)11-15-37-29/h4-11,15,19-20,25,28,37H,12-14,16-18,21-23H2,1-3H3,(H,38,39)/t28-/m0/s1. The molecule has 0 spiro atoms. The van der Waals surface area contributed by atoms with Crippen molar-refractivity contribution in [3.63, 3.8) is 0 Å². The van der Waals surface area contributed by atoms with Gasteiger partial charge in [-0.2, -0.15) is 0 Å². The zero-order chi connectivity index (χ0) is 31.0. The van der Waals surface area contributed by atoms with Gasteiger partial charge in [-0.25, -0.2) is 14.8 Å². The first-order chi connectivity index (χ1) is 21.8. The first-order valence-electron chi connectivity index (χ1n) is 16.1. The molecule has 45 heavy (non-hydrogen) atoms. The number of aromatic nitrogens is 4. The molecule has 7 rings (SSSR count). The molecule has 3 aromatic heterocycles. The van der Waals surface area contributed by atoms with Crippen molar-refractivity contribution in [2.24, 2.45) is 0 Å². The number of piperidine rings is 1. The number of nitrogens with one attached hydrogen (secondary N) is 2. The van der Waals surface area contributed by atoms with E-state index in [1.54, 1.807) is 0 Å². The number of likely N-dealkylation sites (tertiary alicyclic amines) is 1. The van der Waals surface area contributed by atoms with Crippen molar-refractivity contribution < 1.29 is 14.3 Å². The first kappa shape index (κ1) is 29.5. The molecule has 0 aliphatic carbocycles. The molecule has 5 heterocycles. The monoisotopic (exact) mass is 606 g/mol. The van der Waals surface area contributed by atoms with E-state index in [4.69, 9.17) is 19.4 Å². The van der Waals surface area contributed by atoms with Crippen LogP contribution < -0.4 is 5.32 Å². The van der Waals surface area contributed by atoms with Gasteiger partial charge >= 0.3 is 5.97 Å². The average Bonchev–Trinajstić information content (AvgIpc) is 3.61. The number of nitrogens with zero attached hydrogens (tertiary/aromatic N) is 4. The number of hydrogen-bond acceptors (Lipinski definition) is 7. The number of carbonyl (C=O) groups is 1. The molecule has 0 radical (unpaired) electrons. The molecule has 2 aromatic carbocycles. The summed E-state index contributed by atoms with van der Waals surface area (Å²) in [6.07, 6.45) is 5.30. The second-order valence-electron chi connectivity index (χ2n) is 13.4. The minimum absolute atomic E-state index is 0.181. The minimum Gasteiger partial charge on any atom is -0.456 e. The molecule has 2 fully saturated rings. The van der Waals surface area contributed by atoms with E-state index in [2.05, 4.69) is 62.2 Å². The highest BCUT2D eigenvalue weighted by atomic mass is 16.6. The predicted octanol–water partition coefficient (Wildman–Crippen LogP) is 6.65. The van der Waals surface area contributed by atoms with Crippen LogP contribution in [-0.2, 0) is 29.1 Å². The first-order valence-corrected chi connectivity index (χ1v) is 16.1. The third-order valence-electron chi connectivity index (χ3n) is 8.87. The van der Waals surface area contributed by atoms with Gasteiger partial charge in [-0.15, -0.1) is 0 Å². The molecule has 0 amide bonds. The largest absolute Gasteiger partial charge is 0.456 e. The van der Waals surface area contributed by atoms with Crippen LogP contribution in [0.2, 0.25) is 0 Å². The lowest BCUT2D eigenvalue weighted by atomic mass is 9.93. The molecule has 2 aliphatic heterocycles.